The third-order valence-electron chi connectivity index (χ3n) is 5.51. The van der Waals surface area contributed by atoms with Gasteiger partial charge in [0.1, 0.15) is 4.90 Å². The molecule has 3 heterocycles. The Kier molecular flexibility index (Phi) is 6.48. The van der Waals surface area contributed by atoms with Gasteiger partial charge < -0.3 is 4.90 Å². The Labute approximate surface area is 166 Å². The van der Waals surface area contributed by atoms with Crippen LogP contribution in [0.25, 0.3) is 0 Å². The Bertz CT molecular complexity index is 751. The van der Waals surface area contributed by atoms with Crippen LogP contribution in [0, 0.1) is 0 Å². The molecule has 0 N–H and O–H groups in total. The summed E-state index contributed by atoms with van der Waals surface area (Å²) < 4.78 is 26.7. The fourth-order valence-electron chi connectivity index (χ4n) is 3.96. The number of likely N-dealkylation sites (tertiary alicyclic amines) is 1. The van der Waals surface area contributed by atoms with Crippen molar-refractivity contribution < 1.29 is 13.2 Å². The second-order valence-corrected chi connectivity index (χ2v) is 10.9. The Balaban J connectivity index is 1.66. The standard InChI is InChI=1S/C19H29N3O3S2/c1-14-7-6-8-15(2)22(14)19(23)16(3)26-18-10-9-17(13-20-18)27(24,25)21-11-4-5-12-21/h9-10,13-16H,4-8,11-12H2,1-3H3/t14-,15-,16-/m1/s1. The number of pyridine rings is 1. The maximum Gasteiger partial charge on any atom is 0.244 e. The van der Waals surface area contributed by atoms with Gasteiger partial charge in [0.25, 0.3) is 0 Å². The van der Waals surface area contributed by atoms with Crippen molar-refractivity contribution in [2.45, 2.75) is 80.1 Å². The van der Waals surface area contributed by atoms with E-state index in [-0.39, 0.29) is 28.1 Å². The van der Waals surface area contributed by atoms with Crippen LogP contribution in [0.15, 0.2) is 28.3 Å². The first kappa shape index (κ1) is 20.6. The number of carbonyl (C=O) groups is 1. The number of nitrogens with zero attached hydrogens (tertiary/aromatic N) is 3. The van der Waals surface area contributed by atoms with E-state index in [1.165, 1.54) is 28.7 Å². The van der Waals surface area contributed by atoms with E-state index in [1.54, 1.807) is 12.1 Å². The highest BCUT2D eigenvalue weighted by molar-refractivity contribution is 8.00. The predicted molar refractivity (Wildman–Crippen MR) is 107 cm³/mol. The van der Waals surface area contributed by atoms with Crippen LogP contribution in [0.4, 0.5) is 0 Å². The number of rotatable bonds is 5. The Morgan fingerprint density at radius 3 is 2.33 bits per heavy atom. The summed E-state index contributed by atoms with van der Waals surface area (Å²) in [5, 5.41) is 0.426. The van der Waals surface area contributed by atoms with Crippen LogP contribution in [0.3, 0.4) is 0 Å². The molecule has 150 valence electrons. The van der Waals surface area contributed by atoms with E-state index in [9.17, 15) is 13.2 Å². The van der Waals surface area contributed by atoms with Gasteiger partial charge in [-0.2, -0.15) is 4.31 Å². The lowest BCUT2D eigenvalue weighted by Gasteiger charge is -2.40. The minimum absolute atomic E-state index is 0.135. The molecule has 3 atom stereocenters. The highest BCUT2D eigenvalue weighted by atomic mass is 32.2. The SMILES string of the molecule is C[C@@H]1CCC[C@@H](C)N1C(=O)[C@@H](C)Sc1ccc(S(=O)(=O)N2CCCC2)cn1. The van der Waals surface area contributed by atoms with Crippen LogP contribution >= 0.6 is 11.8 Å². The van der Waals surface area contributed by atoms with Crippen molar-refractivity contribution in [1.29, 1.82) is 0 Å². The Morgan fingerprint density at radius 1 is 1.15 bits per heavy atom. The van der Waals surface area contributed by atoms with Crippen LogP contribution in [-0.2, 0) is 14.8 Å². The molecule has 0 saturated carbocycles. The van der Waals surface area contributed by atoms with E-state index < -0.39 is 10.0 Å². The number of aromatic nitrogens is 1. The summed E-state index contributed by atoms with van der Waals surface area (Å²) in [4.78, 5) is 19.4. The molecule has 2 aliphatic rings. The molecular formula is C19H29N3O3S2. The zero-order valence-corrected chi connectivity index (χ0v) is 17.9. The van der Waals surface area contributed by atoms with E-state index in [0.717, 1.165) is 25.7 Å². The maximum absolute atomic E-state index is 12.9. The normalized spacial score (nSPS) is 25.5. The lowest BCUT2D eigenvalue weighted by atomic mass is 9.97. The highest BCUT2D eigenvalue weighted by Crippen LogP contribution is 2.29. The third kappa shape index (κ3) is 4.49. The Hall–Kier alpha value is -1.12. The summed E-state index contributed by atoms with van der Waals surface area (Å²) in [7, 11) is -3.45. The molecule has 3 rings (SSSR count). The fraction of sp³-hybridized carbons (Fsp3) is 0.684. The number of sulfonamides is 1. The van der Waals surface area contributed by atoms with E-state index in [2.05, 4.69) is 18.8 Å². The summed E-state index contributed by atoms with van der Waals surface area (Å²) in [6.07, 6.45) is 6.51. The van der Waals surface area contributed by atoms with Crippen molar-refractivity contribution in [2.75, 3.05) is 13.1 Å². The predicted octanol–water partition coefficient (Wildman–Crippen LogP) is 3.14. The van der Waals surface area contributed by atoms with Crippen LogP contribution < -0.4 is 0 Å². The third-order valence-corrected chi connectivity index (χ3v) is 8.43. The second-order valence-electron chi connectivity index (χ2n) is 7.58. The zero-order valence-electron chi connectivity index (χ0n) is 16.3. The van der Waals surface area contributed by atoms with Crippen molar-refractivity contribution in [1.82, 2.24) is 14.2 Å². The molecule has 0 aliphatic carbocycles. The Morgan fingerprint density at radius 2 is 1.78 bits per heavy atom. The van der Waals surface area contributed by atoms with Gasteiger partial charge in [0.2, 0.25) is 15.9 Å². The summed E-state index contributed by atoms with van der Waals surface area (Å²) in [5.74, 6) is 0.135. The molecule has 0 spiro atoms. The molecule has 2 fully saturated rings. The maximum atomic E-state index is 12.9. The minimum Gasteiger partial charge on any atom is -0.336 e. The van der Waals surface area contributed by atoms with Gasteiger partial charge in [0.05, 0.1) is 10.3 Å². The monoisotopic (exact) mass is 411 g/mol. The molecule has 6 nitrogen and oxygen atoms in total. The first-order valence-electron chi connectivity index (χ1n) is 9.75. The van der Waals surface area contributed by atoms with Crippen molar-refractivity contribution >= 4 is 27.7 Å². The molecule has 0 unspecified atom stereocenters. The van der Waals surface area contributed by atoms with Gasteiger partial charge in [-0.1, -0.05) is 11.8 Å². The molecule has 27 heavy (non-hydrogen) atoms. The lowest BCUT2D eigenvalue weighted by Crippen LogP contribution is -2.50. The number of hydrogen-bond donors (Lipinski definition) is 0. The van der Waals surface area contributed by atoms with E-state index in [1.807, 2.05) is 11.8 Å². The first-order valence-corrected chi connectivity index (χ1v) is 12.1. The first-order chi connectivity index (χ1) is 12.8. The average Bonchev–Trinajstić information content (AvgIpc) is 3.17. The fourth-order valence-corrected chi connectivity index (χ4v) is 6.27. The summed E-state index contributed by atoms with van der Waals surface area (Å²) in [6.45, 7) is 7.28. The molecule has 0 radical (unpaired) electrons. The van der Waals surface area contributed by atoms with Crippen LogP contribution in [0.2, 0.25) is 0 Å². The second kappa shape index (κ2) is 8.49. The zero-order chi connectivity index (χ0) is 19.6. The van der Waals surface area contributed by atoms with Gasteiger partial charge in [-0.3, -0.25) is 4.79 Å². The van der Waals surface area contributed by atoms with E-state index in [4.69, 9.17) is 0 Å². The van der Waals surface area contributed by atoms with Gasteiger partial charge >= 0.3 is 0 Å². The summed E-state index contributed by atoms with van der Waals surface area (Å²) in [6, 6.07) is 3.85. The number of hydrogen-bond acceptors (Lipinski definition) is 5. The van der Waals surface area contributed by atoms with Crippen molar-refractivity contribution in [3.8, 4) is 0 Å². The molecule has 1 amide bonds. The molecule has 2 aliphatic heterocycles. The minimum atomic E-state index is -3.45. The summed E-state index contributed by atoms with van der Waals surface area (Å²) in [5.41, 5.74) is 0. The molecule has 1 aromatic heterocycles. The lowest BCUT2D eigenvalue weighted by molar-refractivity contribution is -0.136. The summed E-state index contributed by atoms with van der Waals surface area (Å²) >= 11 is 1.39. The van der Waals surface area contributed by atoms with Crippen molar-refractivity contribution in [2.24, 2.45) is 0 Å². The molecule has 2 saturated heterocycles. The number of piperidine rings is 1. The number of carbonyl (C=O) groups excluding carboxylic acids is 1. The van der Waals surface area contributed by atoms with Crippen LogP contribution in [0.1, 0.15) is 52.9 Å². The molecular weight excluding hydrogens is 382 g/mol. The quantitative estimate of drug-likeness (QED) is 0.696. The van der Waals surface area contributed by atoms with Gasteiger partial charge in [-0.25, -0.2) is 13.4 Å². The molecule has 8 heteroatoms. The van der Waals surface area contributed by atoms with Crippen molar-refractivity contribution in [3.63, 3.8) is 0 Å². The highest BCUT2D eigenvalue weighted by Gasteiger charge is 2.32. The topological polar surface area (TPSA) is 70.6 Å². The largest absolute Gasteiger partial charge is 0.336 e. The molecule has 1 aromatic rings. The number of thioether (sulfide) groups is 1. The van der Waals surface area contributed by atoms with Crippen molar-refractivity contribution in [3.05, 3.63) is 18.3 Å². The number of amides is 1. The van der Waals surface area contributed by atoms with Crippen LogP contribution in [0.5, 0.6) is 0 Å². The average molecular weight is 412 g/mol. The van der Waals surface area contributed by atoms with Gasteiger partial charge in [-0.05, 0) is 65.0 Å². The van der Waals surface area contributed by atoms with Crippen LogP contribution in [-0.4, -0.2) is 58.9 Å². The van der Waals surface area contributed by atoms with E-state index in [0.29, 0.717) is 18.1 Å². The molecule has 0 aromatic carbocycles. The van der Waals surface area contributed by atoms with Gasteiger partial charge in [0, 0.05) is 31.4 Å². The molecule has 0 bridgehead atoms. The smallest absolute Gasteiger partial charge is 0.244 e. The van der Waals surface area contributed by atoms with Gasteiger partial charge in [-0.15, -0.1) is 0 Å². The van der Waals surface area contributed by atoms with E-state index >= 15 is 0 Å². The van der Waals surface area contributed by atoms with Gasteiger partial charge in [0.15, 0.2) is 0 Å².